The van der Waals surface area contributed by atoms with E-state index in [1.807, 2.05) is 0 Å². The number of nitrogens with two attached hydrogens (primary N) is 1. The van der Waals surface area contributed by atoms with Crippen molar-refractivity contribution in [3.8, 4) is 0 Å². The number of rotatable bonds is 3. The van der Waals surface area contributed by atoms with Crippen LogP contribution in [-0.2, 0) is 9.53 Å². The Balaban J connectivity index is 3.20. The molecule has 0 atom stereocenters. The average molecular weight is 115 g/mol. The van der Waals surface area contributed by atoms with Crippen LogP contribution in [0, 0.1) is 0 Å². The van der Waals surface area contributed by atoms with E-state index in [1.165, 1.54) is 6.08 Å². The number of carbonyl (C=O) groups excluding carboxylic acids is 1. The molecule has 0 bridgehead atoms. The SMILES string of the molecule is COCC=CC(N)=O. The quantitative estimate of drug-likeness (QED) is 0.512. The highest BCUT2D eigenvalue weighted by molar-refractivity contribution is 5.85. The predicted molar refractivity (Wildman–Crippen MR) is 30.2 cm³/mol. The molecule has 0 heterocycles. The monoisotopic (exact) mass is 115 g/mol. The third-order valence-electron chi connectivity index (χ3n) is 0.545. The van der Waals surface area contributed by atoms with Crippen LogP contribution in [0.5, 0.6) is 0 Å². The summed E-state index contributed by atoms with van der Waals surface area (Å²) >= 11 is 0. The summed E-state index contributed by atoms with van der Waals surface area (Å²) < 4.78 is 4.60. The Morgan fingerprint density at radius 2 is 2.50 bits per heavy atom. The molecule has 0 aliphatic heterocycles. The van der Waals surface area contributed by atoms with E-state index < -0.39 is 5.91 Å². The van der Waals surface area contributed by atoms with Crippen LogP contribution >= 0.6 is 0 Å². The summed E-state index contributed by atoms with van der Waals surface area (Å²) in [5.74, 6) is -0.443. The van der Waals surface area contributed by atoms with Crippen LogP contribution in [0.4, 0.5) is 0 Å². The number of hydrogen-bond acceptors (Lipinski definition) is 2. The minimum Gasteiger partial charge on any atom is -0.381 e. The Labute approximate surface area is 48.1 Å². The summed E-state index contributed by atoms with van der Waals surface area (Å²) in [6, 6.07) is 0. The van der Waals surface area contributed by atoms with Crippen molar-refractivity contribution in [2.75, 3.05) is 13.7 Å². The van der Waals surface area contributed by atoms with Gasteiger partial charge in [-0.15, -0.1) is 0 Å². The van der Waals surface area contributed by atoms with E-state index in [1.54, 1.807) is 13.2 Å². The normalized spacial score (nSPS) is 10.1. The number of hydrogen-bond donors (Lipinski definition) is 1. The molecule has 0 aromatic heterocycles. The van der Waals surface area contributed by atoms with Gasteiger partial charge in [0, 0.05) is 13.2 Å². The van der Waals surface area contributed by atoms with Crippen LogP contribution in [0.3, 0.4) is 0 Å². The lowest BCUT2D eigenvalue weighted by molar-refractivity contribution is -0.113. The molecule has 0 unspecified atom stereocenters. The summed E-state index contributed by atoms with van der Waals surface area (Å²) in [6.45, 7) is 0.433. The fourth-order valence-electron chi connectivity index (χ4n) is 0.260. The number of amides is 1. The van der Waals surface area contributed by atoms with Crippen molar-refractivity contribution in [2.24, 2.45) is 5.73 Å². The van der Waals surface area contributed by atoms with Crippen molar-refractivity contribution in [1.82, 2.24) is 0 Å². The number of methoxy groups -OCH3 is 1. The van der Waals surface area contributed by atoms with Crippen LogP contribution in [-0.4, -0.2) is 19.6 Å². The molecule has 0 aromatic carbocycles. The lowest BCUT2D eigenvalue weighted by Gasteiger charge is -1.83. The molecular weight excluding hydrogens is 106 g/mol. The molecule has 0 saturated heterocycles. The first-order valence-electron chi connectivity index (χ1n) is 2.22. The molecule has 1 amide bonds. The summed E-state index contributed by atoms with van der Waals surface area (Å²) in [5.41, 5.74) is 4.75. The van der Waals surface area contributed by atoms with Gasteiger partial charge in [0.25, 0.3) is 0 Å². The lowest BCUT2D eigenvalue weighted by Crippen LogP contribution is -2.05. The van der Waals surface area contributed by atoms with Gasteiger partial charge in [0.15, 0.2) is 0 Å². The number of carbonyl (C=O) groups is 1. The van der Waals surface area contributed by atoms with Gasteiger partial charge in [-0.25, -0.2) is 0 Å². The molecule has 0 spiro atoms. The van der Waals surface area contributed by atoms with Crippen molar-refractivity contribution in [3.63, 3.8) is 0 Å². The first-order chi connectivity index (χ1) is 3.77. The van der Waals surface area contributed by atoms with Crippen LogP contribution in [0.2, 0.25) is 0 Å². The Hall–Kier alpha value is -0.830. The molecule has 0 saturated carbocycles. The third kappa shape index (κ3) is 5.17. The van der Waals surface area contributed by atoms with Crippen LogP contribution in [0.1, 0.15) is 0 Å². The molecule has 0 radical (unpaired) electrons. The fraction of sp³-hybridized carbons (Fsp3) is 0.400. The molecule has 0 aromatic rings. The van der Waals surface area contributed by atoms with Gasteiger partial charge in [0.2, 0.25) is 5.91 Å². The highest BCUT2D eigenvalue weighted by Gasteiger charge is 1.78. The van der Waals surface area contributed by atoms with E-state index in [0.29, 0.717) is 6.61 Å². The number of primary amides is 1. The van der Waals surface area contributed by atoms with Gasteiger partial charge in [-0.1, -0.05) is 6.08 Å². The van der Waals surface area contributed by atoms with Gasteiger partial charge in [-0.2, -0.15) is 0 Å². The molecule has 3 nitrogen and oxygen atoms in total. The first-order valence-corrected chi connectivity index (χ1v) is 2.22. The molecular formula is C5H9NO2. The Morgan fingerprint density at radius 3 is 2.88 bits per heavy atom. The Morgan fingerprint density at radius 1 is 1.88 bits per heavy atom. The standard InChI is InChI=1S/C5H9NO2/c1-8-4-2-3-5(6)7/h2-3H,4H2,1H3,(H2,6,7). The first kappa shape index (κ1) is 7.17. The molecule has 46 valence electrons. The van der Waals surface area contributed by atoms with Crippen molar-refractivity contribution < 1.29 is 9.53 Å². The van der Waals surface area contributed by atoms with Gasteiger partial charge < -0.3 is 10.5 Å². The van der Waals surface area contributed by atoms with Gasteiger partial charge in [-0.3, -0.25) is 4.79 Å². The van der Waals surface area contributed by atoms with E-state index >= 15 is 0 Å². The highest BCUT2D eigenvalue weighted by atomic mass is 16.5. The lowest BCUT2D eigenvalue weighted by atomic mass is 10.5. The van der Waals surface area contributed by atoms with Crippen LogP contribution in [0.25, 0.3) is 0 Å². The minimum absolute atomic E-state index is 0.433. The largest absolute Gasteiger partial charge is 0.381 e. The molecule has 0 aliphatic carbocycles. The smallest absolute Gasteiger partial charge is 0.241 e. The van der Waals surface area contributed by atoms with E-state index in [4.69, 9.17) is 5.73 Å². The number of ether oxygens (including phenoxy) is 1. The zero-order chi connectivity index (χ0) is 6.41. The summed E-state index contributed by atoms with van der Waals surface area (Å²) in [4.78, 5) is 9.95. The van der Waals surface area contributed by atoms with Gasteiger partial charge >= 0.3 is 0 Å². The molecule has 3 heteroatoms. The van der Waals surface area contributed by atoms with Gasteiger partial charge in [-0.05, 0) is 0 Å². The predicted octanol–water partition coefficient (Wildman–Crippen LogP) is -0.326. The average Bonchev–Trinajstić information content (AvgIpc) is 1.66. The molecule has 0 aliphatic rings. The van der Waals surface area contributed by atoms with Gasteiger partial charge in [0.05, 0.1) is 6.61 Å². The van der Waals surface area contributed by atoms with Crippen LogP contribution < -0.4 is 5.73 Å². The molecule has 8 heavy (non-hydrogen) atoms. The topological polar surface area (TPSA) is 52.3 Å². The summed E-state index contributed by atoms with van der Waals surface area (Å²) in [6.07, 6.45) is 2.83. The Kier molecular flexibility index (Phi) is 3.88. The fourth-order valence-corrected chi connectivity index (χ4v) is 0.260. The molecule has 0 fully saturated rings. The zero-order valence-corrected chi connectivity index (χ0v) is 4.76. The Bertz CT molecular complexity index is 98.6. The maximum atomic E-state index is 9.95. The van der Waals surface area contributed by atoms with Crippen molar-refractivity contribution in [1.29, 1.82) is 0 Å². The molecule has 0 rings (SSSR count). The highest BCUT2D eigenvalue weighted by Crippen LogP contribution is 1.70. The van der Waals surface area contributed by atoms with Gasteiger partial charge in [0.1, 0.15) is 0 Å². The second-order valence-corrected chi connectivity index (χ2v) is 1.26. The second kappa shape index (κ2) is 4.33. The van der Waals surface area contributed by atoms with Crippen LogP contribution in [0.15, 0.2) is 12.2 Å². The minimum atomic E-state index is -0.443. The second-order valence-electron chi connectivity index (χ2n) is 1.26. The maximum Gasteiger partial charge on any atom is 0.241 e. The van der Waals surface area contributed by atoms with Crippen molar-refractivity contribution >= 4 is 5.91 Å². The third-order valence-corrected chi connectivity index (χ3v) is 0.545. The maximum absolute atomic E-state index is 9.95. The van der Waals surface area contributed by atoms with E-state index in [-0.39, 0.29) is 0 Å². The zero-order valence-electron chi connectivity index (χ0n) is 4.76. The van der Waals surface area contributed by atoms with E-state index in [0.717, 1.165) is 0 Å². The summed E-state index contributed by atoms with van der Waals surface area (Å²) in [5, 5.41) is 0. The van der Waals surface area contributed by atoms with Crippen molar-refractivity contribution in [2.45, 2.75) is 0 Å². The van der Waals surface area contributed by atoms with E-state index in [9.17, 15) is 4.79 Å². The summed E-state index contributed by atoms with van der Waals surface area (Å²) in [7, 11) is 1.55. The van der Waals surface area contributed by atoms with Crippen molar-refractivity contribution in [3.05, 3.63) is 12.2 Å². The molecule has 2 N–H and O–H groups in total. The van der Waals surface area contributed by atoms with E-state index in [2.05, 4.69) is 4.74 Å².